The van der Waals surface area contributed by atoms with Gasteiger partial charge in [0.05, 0.1) is 12.4 Å². The molecule has 0 aliphatic rings. The highest BCUT2D eigenvalue weighted by Gasteiger charge is 2.19. The maximum absolute atomic E-state index is 8.62. The fourth-order valence-corrected chi connectivity index (χ4v) is 5.23. The third-order valence-electron chi connectivity index (χ3n) is 6.77. The van der Waals surface area contributed by atoms with Crippen LogP contribution in [0.4, 0.5) is 0 Å². The second-order valence-corrected chi connectivity index (χ2v) is 8.81. The summed E-state index contributed by atoms with van der Waals surface area (Å²) in [6.45, 7) is 0. The Kier molecular flexibility index (Phi) is 3.77. The molecule has 0 aliphatic carbocycles. The maximum Gasteiger partial charge on any atom is 0.0786 e. The molecular formula is C35H23N. The summed E-state index contributed by atoms with van der Waals surface area (Å²) in [5.74, 6) is 0. The second-order valence-electron chi connectivity index (χ2n) is 8.81. The first kappa shape index (κ1) is 16.0. The van der Waals surface area contributed by atoms with Crippen molar-refractivity contribution < 1.29 is 6.85 Å². The van der Waals surface area contributed by atoms with Crippen molar-refractivity contribution in [3.63, 3.8) is 0 Å². The van der Waals surface area contributed by atoms with Crippen molar-refractivity contribution in [2.45, 2.75) is 0 Å². The molecule has 0 amide bonds. The third-order valence-corrected chi connectivity index (χ3v) is 6.77. The number of rotatable bonds is 3. The number of hydrogen-bond donors (Lipinski definition) is 0. The lowest BCUT2D eigenvalue weighted by Gasteiger charge is -2.19. The molecule has 7 aromatic rings. The summed E-state index contributed by atoms with van der Waals surface area (Å²) >= 11 is 0. The number of aromatic nitrogens is 1. The highest BCUT2D eigenvalue weighted by Crippen LogP contribution is 2.46. The Morgan fingerprint density at radius 3 is 1.94 bits per heavy atom. The molecular weight excluding hydrogens is 434 g/mol. The average Bonchev–Trinajstić information content (AvgIpc) is 3.02. The van der Waals surface area contributed by atoms with Gasteiger partial charge >= 0.3 is 0 Å². The molecule has 0 saturated carbocycles. The molecule has 0 unspecified atom stereocenters. The van der Waals surface area contributed by atoms with Crippen molar-refractivity contribution >= 4 is 32.4 Å². The Morgan fingerprint density at radius 2 is 1.19 bits per heavy atom. The summed E-state index contributed by atoms with van der Waals surface area (Å²) in [7, 11) is 0. The summed E-state index contributed by atoms with van der Waals surface area (Å²) in [6, 6.07) is 33.0. The van der Waals surface area contributed by atoms with Gasteiger partial charge in [-0.25, -0.2) is 0 Å². The lowest BCUT2D eigenvalue weighted by molar-refractivity contribution is 1.43. The molecule has 0 saturated heterocycles. The number of benzene rings is 6. The molecule has 1 heterocycles. The van der Waals surface area contributed by atoms with Crippen LogP contribution < -0.4 is 0 Å². The molecule has 0 aliphatic heterocycles. The van der Waals surface area contributed by atoms with Crippen molar-refractivity contribution in [2.75, 3.05) is 0 Å². The van der Waals surface area contributed by atoms with E-state index in [0.717, 1.165) is 54.7 Å². The summed E-state index contributed by atoms with van der Waals surface area (Å²) < 4.78 is 41.8. The van der Waals surface area contributed by atoms with Crippen molar-refractivity contribution in [2.24, 2.45) is 0 Å². The Hall–Kier alpha value is -4.75. The van der Waals surface area contributed by atoms with Gasteiger partial charge in [-0.15, -0.1) is 0 Å². The molecule has 168 valence electrons. The predicted octanol–water partition coefficient (Wildman–Crippen LogP) is 9.54. The quantitative estimate of drug-likeness (QED) is 0.188. The van der Waals surface area contributed by atoms with Crippen LogP contribution in [-0.4, -0.2) is 4.98 Å². The minimum atomic E-state index is -0.397. The van der Waals surface area contributed by atoms with Gasteiger partial charge in [0.15, 0.2) is 0 Å². The highest BCUT2D eigenvalue weighted by molar-refractivity contribution is 6.27. The van der Waals surface area contributed by atoms with E-state index in [4.69, 9.17) is 11.8 Å². The van der Waals surface area contributed by atoms with Gasteiger partial charge in [0.1, 0.15) is 0 Å². The average molecular weight is 463 g/mol. The van der Waals surface area contributed by atoms with Crippen molar-refractivity contribution in [1.82, 2.24) is 4.98 Å². The van der Waals surface area contributed by atoms with E-state index >= 15 is 0 Å². The monoisotopic (exact) mass is 462 g/mol. The molecule has 36 heavy (non-hydrogen) atoms. The van der Waals surface area contributed by atoms with E-state index in [1.807, 2.05) is 66.9 Å². The van der Waals surface area contributed by atoms with Gasteiger partial charge in [-0.2, -0.15) is 0 Å². The van der Waals surface area contributed by atoms with Gasteiger partial charge in [-0.1, -0.05) is 121 Å². The first-order valence-electron chi connectivity index (χ1n) is 14.4. The Labute approximate surface area is 217 Å². The van der Waals surface area contributed by atoms with E-state index < -0.39 is 6.04 Å². The number of nitrogens with zero attached hydrogens (tertiary/aromatic N) is 1. The van der Waals surface area contributed by atoms with Crippen LogP contribution in [0.2, 0.25) is 0 Å². The minimum absolute atomic E-state index is 0.193. The lowest BCUT2D eigenvalue weighted by Crippen LogP contribution is -1.93. The largest absolute Gasteiger partial charge is 0.256 e. The van der Waals surface area contributed by atoms with Crippen LogP contribution >= 0.6 is 0 Å². The van der Waals surface area contributed by atoms with E-state index in [9.17, 15) is 0 Å². The first-order chi connectivity index (χ1) is 20.0. The van der Waals surface area contributed by atoms with Gasteiger partial charge < -0.3 is 0 Å². The molecule has 0 N–H and O–H groups in total. The molecule has 1 nitrogen and oxygen atoms in total. The molecule has 0 radical (unpaired) electrons. The van der Waals surface area contributed by atoms with E-state index in [1.165, 1.54) is 0 Å². The maximum atomic E-state index is 8.62. The standard InChI is InChI=1S/C35H23N/c1-4-11-24(12-5-1)28-19-20-29-31(23-28)32(25-13-6-2-7-14-25)30-21-18-27-17-10-22-36-35(27)34(30)33(29)26-15-8-3-9-16-26/h1-23H/i1D,4D,5D,11D,12D. The van der Waals surface area contributed by atoms with Crippen LogP contribution in [0.15, 0.2) is 140 Å². The van der Waals surface area contributed by atoms with Crippen LogP contribution in [0.5, 0.6) is 0 Å². The summed E-state index contributed by atoms with van der Waals surface area (Å²) in [5.41, 5.74) is 5.82. The number of fused-ring (bicyclic) bond motifs is 4. The normalized spacial score (nSPS) is 13.3. The van der Waals surface area contributed by atoms with E-state index in [1.54, 1.807) is 0 Å². The fourth-order valence-electron chi connectivity index (χ4n) is 5.23. The second kappa shape index (κ2) is 8.48. The van der Waals surface area contributed by atoms with Crippen molar-refractivity contribution in [1.29, 1.82) is 0 Å². The van der Waals surface area contributed by atoms with Crippen LogP contribution in [0.25, 0.3) is 65.8 Å². The van der Waals surface area contributed by atoms with Crippen molar-refractivity contribution in [3.8, 4) is 33.4 Å². The summed E-state index contributed by atoms with van der Waals surface area (Å²) in [6.07, 6.45) is 1.82. The lowest BCUT2D eigenvalue weighted by atomic mass is 9.84. The zero-order valence-corrected chi connectivity index (χ0v) is 19.3. The van der Waals surface area contributed by atoms with E-state index in [0.29, 0.717) is 5.56 Å². The molecule has 1 heteroatoms. The minimum Gasteiger partial charge on any atom is -0.256 e. The Balaban J connectivity index is 1.71. The molecule has 0 atom stereocenters. The smallest absolute Gasteiger partial charge is 0.0786 e. The third kappa shape index (κ3) is 3.29. The Bertz CT molecular complexity index is 2110. The molecule has 6 aromatic carbocycles. The molecule has 1 aromatic heterocycles. The van der Waals surface area contributed by atoms with Gasteiger partial charge in [0.2, 0.25) is 0 Å². The van der Waals surface area contributed by atoms with Crippen LogP contribution in [0.1, 0.15) is 6.85 Å². The predicted molar refractivity (Wildman–Crippen MR) is 153 cm³/mol. The Morgan fingerprint density at radius 1 is 0.500 bits per heavy atom. The van der Waals surface area contributed by atoms with E-state index in [2.05, 4.69) is 42.5 Å². The zero-order chi connectivity index (χ0) is 28.2. The first-order valence-corrected chi connectivity index (χ1v) is 11.9. The van der Waals surface area contributed by atoms with Crippen molar-refractivity contribution in [3.05, 3.63) is 140 Å². The van der Waals surface area contributed by atoms with E-state index in [-0.39, 0.29) is 29.7 Å². The number of pyridine rings is 1. The highest BCUT2D eigenvalue weighted by atomic mass is 14.6. The molecule has 0 fully saturated rings. The van der Waals surface area contributed by atoms with Crippen LogP contribution in [0, 0.1) is 0 Å². The topological polar surface area (TPSA) is 12.9 Å². The van der Waals surface area contributed by atoms with Gasteiger partial charge in [0.25, 0.3) is 0 Å². The SMILES string of the molecule is [2H]c1c([2H])c([2H])c(-c2ccc3c(-c4ccccc4)c4c(ccc5cccnc54)c(-c4ccccc4)c3c2)c([2H])c1[2H]. The molecule has 0 bridgehead atoms. The van der Waals surface area contributed by atoms with Gasteiger partial charge in [-0.3, -0.25) is 4.98 Å². The summed E-state index contributed by atoms with van der Waals surface area (Å²) in [4.78, 5) is 4.84. The van der Waals surface area contributed by atoms with Crippen LogP contribution in [0.3, 0.4) is 0 Å². The number of hydrogen-bond acceptors (Lipinski definition) is 1. The molecule has 7 rings (SSSR count). The zero-order valence-electron chi connectivity index (χ0n) is 24.3. The molecule has 0 spiro atoms. The van der Waals surface area contributed by atoms with Crippen LogP contribution in [-0.2, 0) is 0 Å². The summed E-state index contributed by atoms with van der Waals surface area (Å²) in [5, 5.41) is 5.06. The van der Waals surface area contributed by atoms with Gasteiger partial charge in [-0.05, 0) is 61.7 Å². The van der Waals surface area contributed by atoms with Gasteiger partial charge in [0, 0.05) is 17.0 Å². The fraction of sp³-hybridized carbons (Fsp3) is 0.